The third kappa shape index (κ3) is 3.88. The summed E-state index contributed by atoms with van der Waals surface area (Å²) in [5, 5.41) is 5.36. The fourth-order valence-electron chi connectivity index (χ4n) is 4.30. The number of aromatic amines is 1. The van der Waals surface area contributed by atoms with Gasteiger partial charge in [0, 0.05) is 52.9 Å². The molecule has 2 aromatic carbocycles. The Bertz CT molecular complexity index is 1170. The summed E-state index contributed by atoms with van der Waals surface area (Å²) in [7, 11) is 0. The molecule has 0 atom stereocenters. The van der Waals surface area contributed by atoms with Gasteiger partial charge in [-0.15, -0.1) is 0 Å². The molecule has 0 bridgehead atoms. The van der Waals surface area contributed by atoms with Crippen molar-refractivity contribution in [3.05, 3.63) is 66.5 Å². The number of carbonyl (C=O) groups excluding carboxylic acids is 1. The van der Waals surface area contributed by atoms with Crippen molar-refractivity contribution in [3.8, 4) is 0 Å². The van der Waals surface area contributed by atoms with Crippen LogP contribution in [0.1, 0.15) is 31.4 Å². The summed E-state index contributed by atoms with van der Waals surface area (Å²) in [6.07, 6.45) is 6.74. The van der Waals surface area contributed by atoms with Gasteiger partial charge in [-0.25, -0.2) is 0 Å². The van der Waals surface area contributed by atoms with E-state index in [-0.39, 0.29) is 5.91 Å². The Balaban J connectivity index is 1.21. The second kappa shape index (κ2) is 8.19. The van der Waals surface area contributed by atoms with Crippen LogP contribution < -0.4 is 10.2 Å². The van der Waals surface area contributed by atoms with E-state index in [0.29, 0.717) is 12.8 Å². The summed E-state index contributed by atoms with van der Waals surface area (Å²) in [6, 6.07) is 18.5. The van der Waals surface area contributed by atoms with Crippen molar-refractivity contribution in [2.75, 3.05) is 23.3 Å². The van der Waals surface area contributed by atoms with E-state index >= 15 is 0 Å². The minimum atomic E-state index is 0.0153. The van der Waals surface area contributed by atoms with Crippen molar-refractivity contribution in [1.29, 1.82) is 0 Å². The number of carbonyl (C=O) groups is 1. The van der Waals surface area contributed by atoms with E-state index in [1.54, 1.807) is 0 Å². The van der Waals surface area contributed by atoms with Gasteiger partial charge in [-0.2, -0.15) is 0 Å². The second-order valence-corrected chi connectivity index (χ2v) is 8.03. The van der Waals surface area contributed by atoms with Crippen molar-refractivity contribution in [3.63, 3.8) is 0 Å². The number of aromatic nitrogens is 2. The molecule has 0 saturated carbocycles. The van der Waals surface area contributed by atoms with Crippen LogP contribution in [0.15, 0.2) is 60.8 Å². The van der Waals surface area contributed by atoms with Gasteiger partial charge < -0.3 is 15.2 Å². The molecule has 1 amide bonds. The first kappa shape index (κ1) is 18.7. The van der Waals surface area contributed by atoms with E-state index in [9.17, 15) is 4.79 Å². The number of fused-ring (bicyclic) bond motifs is 3. The zero-order valence-corrected chi connectivity index (χ0v) is 17.0. The predicted octanol–water partition coefficient (Wildman–Crippen LogP) is 5.28. The first-order valence-electron chi connectivity index (χ1n) is 10.8. The van der Waals surface area contributed by atoms with Gasteiger partial charge in [0.25, 0.3) is 0 Å². The molecule has 1 aliphatic heterocycles. The van der Waals surface area contributed by atoms with E-state index in [0.717, 1.165) is 40.9 Å². The molecule has 0 spiro atoms. The zero-order valence-electron chi connectivity index (χ0n) is 17.0. The van der Waals surface area contributed by atoms with Crippen LogP contribution >= 0.6 is 0 Å². The Morgan fingerprint density at radius 3 is 2.60 bits per heavy atom. The van der Waals surface area contributed by atoms with Gasteiger partial charge in [0.15, 0.2) is 0 Å². The number of H-pyrrole nitrogens is 1. The average molecular weight is 399 g/mol. The van der Waals surface area contributed by atoms with Gasteiger partial charge in [-0.05, 0) is 62.1 Å². The molecule has 0 aliphatic carbocycles. The summed E-state index contributed by atoms with van der Waals surface area (Å²) in [4.78, 5) is 22.8. The van der Waals surface area contributed by atoms with Gasteiger partial charge in [-0.3, -0.25) is 9.78 Å². The van der Waals surface area contributed by atoms with E-state index in [1.807, 2.05) is 30.5 Å². The van der Waals surface area contributed by atoms with Gasteiger partial charge >= 0.3 is 0 Å². The summed E-state index contributed by atoms with van der Waals surface area (Å²) in [5.74, 6) is 0.0153. The molecule has 2 aromatic heterocycles. The normalized spacial score (nSPS) is 14.3. The number of rotatable bonds is 5. The molecule has 1 saturated heterocycles. The van der Waals surface area contributed by atoms with Crippen LogP contribution in [0, 0.1) is 0 Å². The fraction of sp³-hybridized carbons (Fsp3) is 0.280. The molecule has 152 valence electrons. The van der Waals surface area contributed by atoms with Crippen molar-refractivity contribution >= 4 is 39.1 Å². The largest absolute Gasteiger partial charge is 0.372 e. The first-order chi connectivity index (χ1) is 14.8. The lowest BCUT2D eigenvalue weighted by Gasteiger charge is -2.28. The quantitative estimate of drug-likeness (QED) is 0.481. The lowest BCUT2D eigenvalue weighted by Crippen LogP contribution is -2.29. The van der Waals surface area contributed by atoms with Crippen LogP contribution in [-0.4, -0.2) is 29.0 Å². The number of amides is 1. The van der Waals surface area contributed by atoms with Gasteiger partial charge in [0.05, 0.1) is 11.7 Å². The van der Waals surface area contributed by atoms with Crippen LogP contribution in [0.5, 0.6) is 0 Å². The fourth-order valence-corrected chi connectivity index (χ4v) is 4.30. The lowest BCUT2D eigenvalue weighted by molar-refractivity contribution is -0.116. The van der Waals surface area contributed by atoms with E-state index in [4.69, 9.17) is 0 Å². The third-order valence-electron chi connectivity index (χ3n) is 5.93. The Morgan fingerprint density at radius 2 is 1.77 bits per heavy atom. The predicted molar refractivity (Wildman–Crippen MR) is 123 cm³/mol. The maximum atomic E-state index is 12.4. The monoisotopic (exact) mass is 398 g/mol. The van der Waals surface area contributed by atoms with Gasteiger partial charge in [0.2, 0.25) is 5.91 Å². The summed E-state index contributed by atoms with van der Waals surface area (Å²) in [5.41, 5.74) is 5.16. The third-order valence-corrected chi connectivity index (χ3v) is 5.93. The smallest absolute Gasteiger partial charge is 0.224 e. The highest BCUT2D eigenvalue weighted by Gasteiger charge is 2.11. The molecule has 2 N–H and O–H groups in total. The number of hydrogen-bond acceptors (Lipinski definition) is 3. The number of aryl methyl sites for hydroxylation is 1. The SMILES string of the molecule is O=C(CCc1cc2c(cn1)[nH]c1ccccc12)Nc1ccc(N2CCCCC2)cc1. The standard InChI is InChI=1S/C25H26N4O/c30-25(27-18-8-11-20(12-9-18)29-14-4-1-5-15-29)13-10-19-16-22-21-6-2-3-7-23(21)28-24(22)17-26-19/h2-3,6-9,11-12,16-17,28H,1,4-5,10,13-15H2,(H,27,30). The van der Waals surface area contributed by atoms with Crippen LogP contribution in [0.25, 0.3) is 21.8 Å². The van der Waals surface area contributed by atoms with Crippen LogP contribution in [0.2, 0.25) is 0 Å². The molecule has 0 radical (unpaired) electrons. The Kier molecular flexibility index (Phi) is 5.10. The van der Waals surface area contributed by atoms with Crippen molar-refractivity contribution in [1.82, 2.24) is 9.97 Å². The van der Waals surface area contributed by atoms with Crippen molar-refractivity contribution in [2.45, 2.75) is 32.1 Å². The number of benzene rings is 2. The molecular formula is C25H26N4O. The topological polar surface area (TPSA) is 61.0 Å². The van der Waals surface area contributed by atoms with Crippen molar-refractivity contribution in [2.24, 2.45) is 0 Å². The number of nitrogens with one attached hydrogen (secondary N) is 2. The molecule has 30 heavy (non-hydrogen) atoms. The van der Waals surface area contributed by atoms with Crippen LogP contribution in [-0.2, 0) is 11.2 Å². The van der Waals surface area contributed by atoms with E-state index in [2.05, 4.69) is 50.5 Å². The highest BCUT2D eigenvalue weighted by atomic mass is 16.1. The molecule has 0 unspecified atom stereocenters. The number of pyridine rings is 1. The zero-order chi connectivity index (χ0) is 20.3. The average Bonchev–Trinajstić information content (AvgIpc) is 3.17. The number of nitrogens with zero attached hydrogens (tertiary/aromatic N) is 2. The maximum Gasteiger partial charge on any atom is 0.224 e. The molecule has 1 aliphatic rings. The minimum absolute atomic E-state index is 0.0153. The Morgan fingerprint density at radius 1 is 0.967 bits per heavy atom. The highest BCUT2D eigenvalue weighted by molar-refractivity contribution is 6.07. The van der Waals surface area contributed by atoms with Crippen LogP contribution in [0.3, 0.4) is 0 Å². The lowest BCUT2D eigenvalue weighted by atomic mass is 10.1. The first-order valence-corrected chi connectivity index (χ1v) is 10.8. The Hall–Kier alpha value is -3.34. The number of anilines is 2. The molecule has 5 heteroatoms. The highest BCUT2D eigenvalue weighted by Crippen LogP contribution is 2.25. The summed E-state index contributed by atoms with van der Waals surface area (Å²) >= 11 is 0. The number of piperidine rings is 1. The van der Waals surface area contributed by atoms with Crippen molar-refractivity contribution < 1.29 is 4.79 Å². The number of para-hydroxylation sites is 1. The van der Waals surface area contributed by atoms with Gasteiger partial charge in [-0.1, -0.05) is 18.2 Å². The van der Waals surface area contributed by atoms with Gasteiger partial charge in [0.1, 0.15) is 0 Å². The molecule has 5 nitrogen and oxygen atoms in total. The molecule has 5 rings (SSSR count). The number of hydrogen-bond donors (Lipinski definition) is 2. The molecular weight excluding hydrogens is 372 g/mol. The summed E-state index contributed by atoms with van der Waals surface area (Å²) < 4.78 is 0. The van der Waals surface area contributed by atoms with E-state index < -0.39 is 0 Å². The second-order valence-electron chi connectivity index (χ2n) is 8.03. The minimum Gasteiger partial charge on any atom is -0.372 e. The Labute approximate surface area is 176 Å². The molecule has 1 fully saturated rings. The molecule has 4 aromatic rings. The van der Waals surface area contributed by atoms with E-state index in [1.165, 1.54) is 30.3 Å². The maximum absolute atomic E-state index is 12.4. The van der Waals surface area contributed by atoms with Crippen LogP contribution in [0.4, 0.5) is 11.4 Å². The molecule has 3 heterocycles. The summed E-state index contributed by atoms with van der Waals surface area (Å²) in [6.45, 7) is 2.25.